The van der Waals surface area contributed by atoms with Crippen LogP contribution in [0.1, 0.15) is 34.8 Å². The third-order valence-corrected chi connectivity index (χ3v) is 5.04. The third-order valence-electron chi connectivity index (χ3n) is 5.04. The molecular formula is C21H22N2O7. The Bertz CT molecular complexity index is 960. The normalized spacial score (nSPS) is 15.5. The van der Waals surface area contributed by atoms with E-state index in [4.69, 9.17) is 14.2 Å². The molecule has 2 aromatic carbocycles. The highest BCUT2D eigenvalue weighted by Gasteiger charge is 2.32. The van der Waals surface area contributed by atoms with Crippen LogP contribution in [0.5, 0.6) is 17.2 Å². The molecule has 1 heterocycles. The molecule has 0 N–H and O–H groups in total. The Morgan fingerprint density at radius 3 is 2.63 bits per heavy atom. The standard InChI is InChI=1S/C21H22N2O7/c1-28-15-6-8-19(29-2)16(11-15)17-4-3-9-22(17)21(25)13-30-20-7-5-14(12-24)10-18(20)23(26)27/h5-8,10-12,17H,3-4,9,13H2,1-2H3/t17-/m0/s1. The minimum atomic E-state index is -0.646. The van der Waals surface area contributed by atoms with Gasteiger partial charge in [0.05, 0.1) is 25.2 Å². The number of rotatable bonds is 8. The second-order valence-electron chi connectivity index (χ2n) is 6.74. The van der Waals surface area contributed by atoms with E-state index in [1.165, 1.54) is 12.1 Å². The maximum atomic E-state index is 12.9. The number of nitro benzene ring substituents is 1. The fraction of sp³-hybridized carbons (Fsp3) is 0.333. The number of nitro groups is 1. The monoisotopic (exact) mass is 414 g/mol. The van der Waals surface area contributed by atoms with Gasteiger partial charge in [0, 0.05) is 23.7 Å². The number of nitrogens with zero attached hydrogens (tertiary/aromatic N) is 2. The van der Waals surface area contributed by atoms with Gasteiger partial charge in [-0.1, -0.05) is 0 Å². The molecule has 0 radical (unpaired) electrons. The molecule has 0 spiro atoms. The molecule has 158 valence electrons. The number of methoxy groups -OCH3 is 2. The van der Waals surface area contributed by atoms with Gasteiger partial charge in [0.25, 0.3) is 5.91 Å². The Balaban J connectivity index is 1.78. The average molecular weight is 414 g/mol. The number of ether oxygens (including phenoxy) is 3. The van der Waals surface area contributed by atoms with Crippen molar-refractivity contribution in [3.05, 3.63) is 57.6 Å². The van der Waals surface area contributed by atoms with Crippen LogP contribution in [0.25, 0.3) is 0 Å². The second-order valence-corrected chi connectivity index (χ2v) is 6.74. The van der Waals surface area contributed by atoms with Crippen molar-refractivity contribution >= 4 is 17.9 Å². The van der Waals surface area contributed by atoms with E-state index in [9.17, 15) is 19.7 Å². The van der Waals surface area contributed by atoms with Crippen molar-refractivity contribution in [2.75, 3.05) is 27.4 Å². The van der Waals surface area contributed by atoms with E-state index in [2.05, 4.69) is 0 Å². The van der Waals surface area contributed by atoms with Crippen LogP contribution >= 0.6 is 0 Å². The number of carbonyl (C=O) groups is 2. The first-order valence-electron chi connectivity index (χ1n) is 9.36. The highest BCUT2D eigenvalue weighted by Crippen LogP contribution is 2.39. The van der Waals surface area contributed by atoms with Crippen molar-refractivity contribution in [2.45, 2.75) is 18.9 Å². The lowest BCUT2D eigenvalue weighted by Gasteiger charge is -2.26. The molecule has 1 amide bonds. The number of carbonyl (C=O) groups excluding carboxylic acids is 2. The zero-order valence-corrected chi connectivity index (χ0v) is 16.7. The highest BCUT2D eigenvalue weighted by atomic mass is 16.6. The zero-order valence-electron chi connectivity index (χ0n) is 16.7. The molecule has 0 saturated carbocycles. The van der Waals surface area contributed by atoms with E-state index in [1.807, 2.05) is 6.07 Å². The van der Waals surface area contributed by atoms with Crippen molar-refractivity contribution in [3.63, 3.8) is 0 Å². The van der Waals surface area contributed by atoms with E-state index in [0.29, 0.717) is 24.3 Å². The fourth-order valence-electron chi connectivity index (χ4n) is 3.58. The molecule has 9 nitrogen and oxygen atoms in total. The molecule has 1 atom stereocenters. The largest absolute Gasteiger partial charge is 0.497 e. The summed E-state index contributed by atoms with van der Waals surface area (Å²) in [6.45, 7) is 0.184. The van der Waals surface area contributed by atoms with Crippen LogP contribution in [0, 0.1) is 10.1 Å². The molecule has 1 aliphatic heterocycles. The number of hydrogen-bond donors (Lipinski definition) is 0. The molecule has 9 heteroatoms. The second kappa shape index (κ2) is 9.25. The lowest BCUT2D eigenvalue weighted by atomic mass is 10.0. The topological polar surface area (TPSA) is 108 Å². The molecule has 0 aliphatic carbocycles. The smallest absolute Gasteiger partial charge is 0.311 e. The van der Waals surface area contributed by atoms with E-state index >= 15 is 0 Å². The SMILES string of the molecule is COc1ccc(OC)c([C@@H]2CCCN2C(=O)COc2ccc(C=O)cc2[N+](=O)[O-])c1. The van der Waals surface area contributed by atoms with Crippen LogP contribution in [0.3, 0.4) is 0 Å². The molecule has 1 fully saturated rings. The first kappa shape index (κ1) is 21.1. The summed E-state index contributed by atoms with van der Waals surface area (Å²) in [4.78, 5) is 36.0. The quantitative estimate of drug-likeness (QED) is 0.371. The predicted octanol–water partition coefficient (Wildman–Crippen LogP) is 3.17. The lowest BCUT2D eigenvalue weighted by Crippen LogP contribution is -2.34. The summed E-state index contributed by atoms with van der Waals surface area (Å²) in [5.74, 6) is 0.957. The number of aldehydes is 1. The minimum absolute atomic E-state index is 0.0614. The van der Waals surface area contributed by atoms with E-state index in [-0.39, 0.29) is 35.6 Å². The first-order valence-corrected chi connectivity index (χ1v) is 9.36. The highest BCUT2D eigenvalue weighted by molar-refractivity contribution is 5.80. The van der Waals surface area contributed by atoms with Gasteiger partial charge in [-0.05, 0) is 43.2 Å². The van der Waals surface area contributed by atoms with Gasteiger partial charge in [-0.2, -0.15) is 0 Å². The van der Waals surface area contributed by atoms with E-state index in [0.717, 1.165) is 24.5 Å². The van der Waals surface area contributed by atoms with Crippen LogP contribution in [-0.4, -0.2) is 49.4 Å². The first-order chi connectivity index (χ1) is 14.5. The van der Waals surface area contributed by atoms with Gasteiger partial charge in [-0.15, -0.1) is 0 Å². The third kappa shape index (κ3) is 4.35. The Morgan fingerprint density at radius 1 is 1.20 bits per heavy atom. The predicted molar refractivity (Wildman–Crippen MR) is 107 cm³/mol. The maximum Gasteiger partial charge on any atom is 0.311 e. The van der Waals surface area contributed by atoms with Gasteiger partial charge >= 0.3 is 5.69 Å². The van der Waals surface area contributed by atoms with Crippen LogP contribution in [-0.2, 0) is 4.79 Å². The summed E-state index contributed by atoms with van der Waals surface area (Å²) >= 11 is 0. The van der Waals surface area contributed by atoms with Gasteiger partial charge in [-0.3, -0.25) is 19.7 Å². The summed E-state index contributed by atoms with van der Waals surface area (Å²) in [6.07, 6.45) is 2.08. The Labute approximate surface area is 173 Å². The molecule has 0 bridgehead atoms. The van der Waals surface area contributed by atoms with Crippen LogP contribution in [0.4, 0.5) is 5.69 Å². The van der Waals surface area contributed by atoms with Crippen LogP contribution in [0.15, 0.2) is 36.4 Å². The van der Waals surface area contributed by atoms with Gasteiger partial charge in [-0.25, -0.2) is 0 Å². The number of benzene rings is 2. The Morgan fingerprint density at radius 2 is 1.97 bits per heavy atom. The summed E-state index contributed by atoms with van der Waals surface area (Å²) in [5, 5.41) is 11.2. The maximum absolute atomic E-state index is 12.9. The molecule has 0 aromatic heterocycles. The van der Waals surface area contributed by atoms with Crippen molar-refractivity contribution in [2.24, 2.45) is 0 Å². The average Bonchev–Trinajstić information content (AvgIpc) is 3.26. The molecule has 3 rings (SSSR count). The van der Waals surface area contributed by atoms with Crippen LogP contribution in [0.2, 0.25) is 0 Å². The molecule has 30 heavy (non-hydrogen) atoms. The van der Waals surface area contributed by atoms with Crippen molar-refractivity contribution in [3.8, 4) is 17.2 Å². The molecule has 2 aromatic rings. The Hall–Kier alpha value is -3.62. The molecule has 1 saturated heterocycles. The summed E-state index contributed by atoms with van der Waals surface area (Å²) in [6, 6.07) is 9.06. The minimum Gasteiger partial charge on any atom is -0.497 e. The number of amides is 1. The van der Waals surface area contributed by atoms with Crippen molar-refractivity contribution < 1.29 is 28.7 Å². The van der Waals surface area contributed by atoms with Gasteiger partial charge in [0.2, 0.25) is 0 Å². The van der Waals surface area contributed by atoms with E-state index in [1.54, 1.807) is 31.3 Å². The van der Waals surface area contributed by atoms with Gasteiger partial charge in [0.15, 0.2) is 12.4 Å². The van der Waals surface area contributed by atoms with E-state index < -0.39 is 4.92 Å². The fourth-order valence-corrected chi connectivity index (χ4v) is 3.58. The summed E-state index contributed by atoms with van der Waals surface area (Å²) in [5.41, 5.74) is 0.633. The number of likely N-dealkylation sites (tertiary alicyclic amines) is 1. The van der Waals surface area contributed by atoms with Gasteiger partial charge < -0.3 is 19.1 Å². The molecule has 1 aliphatic rings. The Kier molecular flexibility index (Phi) is 6.51. The van der Waals surface area contributed by atoms with Crippen molar-refractivity contribution in [1.29, 1.82) is 0 Å². The van der Waals surface area contributed by atoms with Gasteiger partial charge in [0.1, 0.15) is 17.8 Å². The molecular weight excluding hydrogens is 392 g/mol. The summed E-state index contributed by atoms with van der Waals surface area (Å²) < 4.78 is 16.2. The zero-order chi connectivity index (χ0) is 21.7. The van der Waals surface area contributed by atoms with Crippen molar-refractivity contribution in [1.82, 2.24) is 4.90 Å². The summed E-state index contributed by atoms with van der Waals surface area (Å²) in [7, 11) is 3.14. The lowest BCUT2D eigenvalue weighted by molar-refractivity contribution is -0.385. The number of hydrogen-bond acceptors (Lipinski definition) is 7. The molecule has 0 unspecified atom stereocenters. The van der Waals surface area contributed by atoms with Crippen LogP contribution < -0.4 is 14.2 Å².